The van der Waals surface area contributed by atoms with Crippen LogP contribution in [0.15, 0.2) is 42.5 Å². The lowest BCUT2D eigenvalue weighted by molar-refractivity contribution is 0.174. The average molecular weight is 280 g/mol. The van der Waals surface area contributed by atoms with Gasteiger partial charge in [0.25, 0.3) is 0 Å². The Morgan fingerprint density at radius 1 is 1.14 bits per heavy atom. The van der Waals surface area contributed by atoms with Crippen LogP contribution in [0.1, 0.15) is 28.6 Å². The van der Waals surface area contributed by atoms with E-state index < -0.39 is 6.10 Å². The monoisotopic (exact) mass is 280 g/mol. The van der Waals surface area contributed by atoms with Gasteiger partial charge in [0.1, 0.15) is 5.82 Å². The molecule has 1 heterocycles. The molecule has 0 aliphatic carbocycles. The maximum atomic E-state index is 10.6. The Hall–Kier alpha value is -2.13. The number of fused-ring (bicyclic) bond motifs is 1. The minimum atomic E-state index is -0.527. The molecule has 1 N–H and O–H groups in total. The Morgan fingerprint density at radius 3 is 2.67 bits per heavy atom. The first-order valence-corrected chi connectivity index (χ1v) is 7.22. The van der Waals surface area contributed by atoms with Crippen molar-refractivity contribution in [2.75, 3.05) is 0 Å². The summed E-state index contributed by atoms with van der Waals surface area (Å²) in [5.74, 6) is 0.907. The molecule has 0 fully saturated rings. The summed E-state index contributed by atoms with van der Waals surface area (Å²) in [6, 6.07) is 14.2. The van der Waals surface area contributed by atoms with Gasteiger partial charge in [0.05, 0.1) is 17.1 Å². The van der Waals surface area contributed by atoms with E-state index in [2.05, 4.69) is 33.8 Å². The van der Waals surface area contributed by atoms with Crippen molar-refractivity contribution in [3.8, 4) is 0 Å². The van der Waals surface area contributed by atoms with Gasteiger partial charge in [-0.25, -0.2) is 4.98 Å². The van der Waals surface area contributed by atoms with Crippen LogP contribution >= 0.6 is 0 Å². The highest BCUT2D eigenvalue weighted by atomic mass is 16.3. The largest absolute Gasteiger partial charge is 0.388 e. The minimum Gasteiger partial charge on any atom is -0.388 e. The van der Waals surface area contributed by atoms with Gasteiger partial charge in [0.2, 0.25) is 0 Å². The predicted molar refractivity (Wildman–Crippen MR) is 85.3 cm³/mol. The summed E-state index contributed by atoms with van der Waals surface area (Å²) >= 11 is 0. The fraction of sp³-hybridized carbons (Fsp3) is 0.278. The van der Waals surface area contributed by atoms with E-state index in [0.717, 1.165) is 28.0 Å². The Bertz CT molecular complexity index is 789. The number of aryl methyl sites for hydroxylation is 3. The zero-order valence-corrected chi connectivity index (χ0v) is 12.7. The van der Waals surface area contributed by atoms with Crippen LogP contribution in [0.3, 0.4) is 0 Å². The molecule has 1 aromatic heterocycles. The SMILES string of the molecule is Cc1ccc(C)c(C(O)Cc2nc3ccccc3n2C)c1. The number of hydrogen-bond donors (Lipinski definition) is 1. The van der Waals surface area contributed by atoms with Crippen LogP contribution in [-0.4, -0.2) is 14.7 Å². The summed E-state index contributed by atoms with van der Waals surface area (Å²) in [4.78, 5) is 4.63. The summed E-state index contributed by atoms with van der Waals surface area (Å²) in [7, 11) is 2.00. The lowest BCUT2D eigenvalue weighted by Crippen LogP contribution is -2.08. The lowest BCUT2D eigenvalue weighted by Gasteiger charge is -2.14. The quantitative estimate of drug-likeness (QED) is 0.797. The van der Waals surface area contributed by atoms with Crippen molar-refractivity contribution in [2.45, 2.75) is 26.4 Å². The molecule has 21 heavy (non-hydrogen) atoms. The van der Waals surface area contributed by atoms with Gasteiger partial charge in [0.15, 0.2) is 0 Å². The number of aliphatic hydroxyl groups excluding tert-OH is 1. The van der Waals surface area contributed by atoms with Crippen LogP contribution < -0.4 is 0 Å². The number of hydrogen-bond acceptors (Lipinski definition) is 2. The zero-order valence-electron chi connectivity index (χ0n) is 12.7. The second-order valence-electron chi connectivity index (χ2n) is 5.66. The number of aliphatic hydroxyl groups is 1. The van der Waals surface area contributed by atoms with E-state index >= 15 is 0 Å². The number of benzene rings is 2. The number of nitrogens with zero attached hydrogens (tertiary/aromatic N) is 2. The molecule has 1 atom stereocenters. The topological polar surface area (TPSA) is 38.1 Å². The van der Waals surface area contributed by atoms with E-state index in [4.69, 9.17) is 0 Å². The van der Waals surface area contributed by atoms with Gasteiger partial charge in [-0.2, -0.15) is 0 Å². The third-order valence-corrected chi connectivity index (χ3v) is 4.05. The summed E-state index contributed by atoms with van der Waals surface area (Å²) in [5.41, 5.74) is 5.34. The summed E-state index contributed by atoms with van der Waals surface area (Å²) in [6.45, 7) is 4.08. The van der Waals surface area contributed by atoms with E-state index in [9.17, 15) is 5.11 Å². The third kappa shape index (κ3) is 2.57. The lowest BCUT2D eigenvalue weighted by atomic mass is 9.99. The molecular formula is C18H20N2O. The van der Waals surface area contributed by atoms with E-state index in [1.54, 1.807) is 0 Å². The number of aromatic nitrogens is 2. The average Bonchev–Trinajstić information content (AvgIpc) is 2.78. The van der Waals surface area contributed by atoms with Crippen LogP contribution in [0, 0.1) is 13.8 Å². The second-order valence-corrected chi connectivity index (χ2v) is 5.66. The van der Waals surface area contributed by atoms with Crippen LogP contribution in [0.5, 0.6) is 0 Å². The molecule has 3 heteroatoms. The van der Waals surface area contributed by atoms with Gasteiger partial charge < -0.3 is 9.67 Å². The first-order valence-electron chi connectivity index (χ1n) is 7.22. The van der Waals surface area contributed by atoms with Crippen molar-refractivity contribution < 1.29 is 5.11 Å². The normalized spacial score (nSPS) is 12.8. The molecule has 0 spiro atoms. The van der Waals surface area contributed by atoms with Crippen LogP contribution in [0.4, 0.5) is 0 Å². The maximum Gasteiger partial charge on any atom is 0.112 e. The Kier molecular flexibility index (Phi) is 3.52. The molecule has 3 aromatic rings. The summed E-state index contributed by atoms with van der Waals surface area (Å²) in [6.07, 6.45) is -0.00411. The molecule has 0 saturated carbocycles. The van der Waals surface area contributed by atoms with E-state index in [-0.39, 0.29) is 0 Å². The molecule has 0 saturated heterocycles. The van der Waals surface area contributed by atoms with Crippen molar-refractivity contribution >= 4 is 11.0 Å². The maximum absolute atomic E-state index is 10.6. The van der Waals surface area contributed by atoms with E-state index in [1.165, 1.54) is 5.56 Å². The van der Waals surface area contributed by atoms with Gasteiger partial charge >= 0.3 is 0 Å². The van der Waals surface area contributed by atoms with Crippen molar-refractivity contribution in [3.05, 3.63) is 65.0 Å². The number of imidazole rings is 1. The van der Waals surface area contributed by atoms with E-state index in [0.29, 0.717) is 6.42 Å². The molecule has 1 unspecified atom stereocenters. The van der Waals surface area contributed by atoms with Gasteiger partial charge in [0, 0.05) is 13.5 Å². The molecule has 3 rings (SSSR count). The molecule has 108 valence electrons. The van der Waals surface area contributed by atoms with Crippen molar-refractivity contribution in [1.29, 1.82) is 0 Å². The molecule has 3 nitrogen and oxygen atoms in total. The number of rotatable bonds is 3. The molecule has 0 radical (unpaired) electrons. The zero-order chi connectivity index (χ0) is 15.0. The van der Waals surface area contributed by atoms with Crippen molar-refractivity contribution in [3.63, 3.8) is 0 Å². The molecule has 0 bridgehead atoms. The summed E-state index contributed by atoms with van der Waals surface area (Å²) < 4.78 is 2.06. The molecule has 0 aliphatic heterocycles. The summed E-state index contributed by atoms with van der Waals surface area (Å²) in [5, 5.41) is 10.6. The Labute approximate surface area is 124 Å². The minimum absolute atomic E-state index is 0.523. The molecule has 0 aliphatic rings. The first kappa shape index (κ1) is 13.8. The Morgan fingerprint density at radius 2 is 1.90 bits per heavy atom. The highest BCUT2D eigenvalue weighted by molar-refractivity contribution is 5.75. The smallest absolute Gasteiger partial charge is 0.112 e. The standard InChI is InChI=1S/C18H20N2O/c1-12-8-9-13(2)14(10-12)17(21)11-18-19-15-6-4-5-7-16(15)20(18)3/h4-10,17,21H,11H2,1-3H3. The van der Waals surface area contributed by atoms with Gasteiger partial charge in [-0.1, -0.05) is 35.9 Å². The van der Waals surface area contributed by atoms with Crippen LogP contribution in [0.2, 0.25) is 0 Å². The molecule has 2 aromatic carbocycles. The third-order valence-electron chi connectivity index (χ3n) is 4.05. The highest BCUT2D eigenvalue weighted by Gasteiger charge is 2.15. The second kappa shape index (κ2) is 5.34. The Balaban J connectivity index is 1.94. The predicted octanol–water partition coefficient (Wildman–Crippen LogP) is 3.47. The fourth-order valence-electron chi connectivity index (χ4n) is 2.78. The van der Waals surface area contributed by atoms with Gasteiger partial charge in [-0.05, 0) is 37.1 Å². The highest BCUT2D eigenvalue weighted by Crippen LogP contribution is 2.24. The fourth-order valence-corrected chi connectivity index (χ4v) is 2.78. The van der Waals surface area contributed by atoms with Crippen molar-refractivity contribution in [2.24, 2.45) is 7.05 Å². The van der Waals surface area contributed by atoms with Crippen molar-refractivity contribution in [1.82, 2.24) is 9.55 Å². The van der Waals surface area contributed by atoms with Crippen LogP contribution in [0.25, 0.3) is 11.0 Å². The van der Waals surface area contributed by atoms with Gasteiger partial charge in [-0.15, -0.1) is 0 Å². The molecular weight excluding hydrogens is 260 g/mol. The first-order chi connectivity index (χ1) is 10.1. The van der Waals surface area contributed by atoms with E-state index in [1.807, 2.05) is 39.1 Å². The van der Waals surface area contributed by atoms with Crippen LogP contribution in [-0.2, 0) is 13.5 Å². The number of para-hydroxylation sites is 2. The molecule has 0 amide bonds. The van der Waals surface area contributed by atoms with Gasteiger partial charge in [-0.3, -0.25) is 0 Å².